The van der Waals surface area contributed by atoms with Crippen LogP contribution >= 0.6 is 0 Å². The van der Waals surface area contributed by atoms with Crippen LogP contribution in [0, 0.1) is 5.82 Å². The summed E-state index contributed by atoms with van der Waals surface area (Å²) in [6.45, 7) is 0.891. The fourth-order valence-corrected chi connectivity index (χ4v) is 3.43. The number of para-hydroxylation sites is 1. The van der Waals surface area contributed by atoms with Crippen LogP contribution < -0.4 is 20.1 Å². The fourth-order valence-electron chi connectivity index (χ4n) is 3.43. The number of anilines is 2. The van der Waals surface area contributed by atoms with Crippen molar-refractivity contribution in [3.05, 3.63) is 83.9 Å². The van der Waals surface area contributed by atoms with Gasteiger partial charge in [-0.1, -0.05) is 12.1 Å². The van der Waals surface area contributed by atoms with Crippen LogP contribution in [0.15, 0.2) is 71.1 Å². The molecule has 0 fully saturated rings. The summed E-state index contributed by atoms with van der Waals surface area (Å²) in [6, 6.07) is 17.1. The number of halogens is 1. The highest BCUT2D eigenvalue weighted by molar-refractivity contribution is 6.16. The zero-order chi connectivity index (χ0) is 22.1. The second kappa shape index (κ2) is 8.07. The molecule has 5 rings (SSSR count). The third-order valence-electron chi connectivity index (χ3n) is 4.95. The predicted octanol–water partition coefficient (Wildman–Crippen LogP) is 4.85. The number of carbonyl (C=O) groups is 2. The van der Waals surface area contributed by atoms with Crippen molar-refractivity contribution in [2.45, 2.75) is 0 Å². The van der Waals surface area contributed by atoms with Crippen LogP contribution in [0.3, 0.4) is 0 Å². The molecule has 32 heavy (non-hydrogen) atoms. The lowest BCUT2D eigenvalue weighted by atomic mass is 10.1. The second-order valence-corrected chi connectivity index (χ2v) is 7.08. The summed E-state index contributed by atoms with van der Waals surface area (Å²) in [6.07, 6.45) is 0. The zero-order valence-electron chi connectivity index (χ0n) is 16.7. The highest BCUT2D eigenvalue weighted by Crippen LogP contribution is 2.34. The van der Waals surface area contributed by atoms with Crippen LogP contribution in [0.25, 0.3) is 11.0 Å². The first-order valence-corrected chi connectivity index (χ1v) is 9.88. The number of benzene rings is 3. The zero-order valence-corrected chi connectivity index (χ0v) is 16.7. The molecular weight excluding hydrogens is 415 g/mol. The predicted molar refractivity (Wildman–Crippen MR) is 116 cm³/mol. The van der Waals surface area contributed by atoms with Gasteiger partial charge in [0.15, 0.2) is 11.5 Å². The Balaban J connectivity index is 1.46. The van der Waals surface area contributed by atoms with E-state index in [0.29, 0.717) is 41.4 Å². The van der Waals surface area contributed by atoms with Crippen molar-refractivity contribution >= 4 is 34.2 Å². The van der Waals surface area contributed by atoms with E-state index in [0.717, 1.165) is 0 Å². The van der Waals surface area contributed by atoms with Gasteiger partial charge >= 0.3 is 0 Å². The standard InChI is InChI=1S/C24H17FN2O5/c25-15-7-5-14(6-8-15)23(28)27-21-17-3-1-2-4-18(17)32-22(21)24(29)26-16-9-10-19-20(13-16)31-12-11-30-19/h1-10,13H,11-12H2,(H,26,29)(H,27,28). The Kier molecular flexibility index (Phi) is 4.95. The quantitative estimate of drug-likeness (QED) is 0.481. The van der Waals surface area contributed by atoms with Gasteiger partial charge in [0.2, 0.25) is 5.76 Å². The van der Waals surface area contributed by atoms with Gasteiger partial charge in [0, 0.05) is 22.7 Å². The van der Waals surface area contributed by atoms with E-state index in [-0.39, 0.29) is 17.0 Å². The fraction of sp³-hybridized carbons (Fsp3) is 0.0833. The van der Waals surface area contributed by atoms with Crippen LogP contribution in [0.1, 0.15) is 20.9 Å². The maximum atomic E-state index is 13.2. The van der Waals surface area contributed by atoms with E-state index < -0.39 is 17.6 Å². The van der Waals surface area contributed by atoms with Gasteiger partial charge < -0.3 is 24.5 Å². The Labute approximate surface area is 181 Å². The average Bonchev–Trinajstić information content (AvgIpc) is 3.18. The van der Waals surface area contributed by atoms with Crippen molar-refractivity contribution in [3.63, 3.8) is 0 Å². The Morgan fingerprint density at radius 2 is 1.56 bits per heavy atom. The average molecular weight is 432 g/mol. The monoisotopic (exact) mass is 432 g/mol. The molecule has 0 saturated heterocycles. The molecular formula is C24H17FN2O5. The third-order valence-corrected chi connectivity index (χ3v) is 4.95. The molecule has 0 bridgehead atoms. The number of hydrogen-bond donors (Lipinski definition) is 2. The first-order valence-electron chi connectivity index (χ1n) is 9.88. The molecule has 0 unspecified atom stereocenters. The van der Waals surface area contributed by atoms with Crippen LogP contribution in [-0.2, 0) is 0 Å². The van der Waals surface area contributed by atoms with E-state index in [9.17, 15) is 14.0 Å². The van der Waals surface area contributed by atoms with E-state index in [2.05, 4.69) is 10.6 Å². The lowest BCUT2D eigenvalue weighted by Gasteiger charge is -2.18. The number of rotatable bonds is 4. The molecule has 2 amide bonds. The Bertz CT molecular complexity index is 1330. The van der Waals surface area contributed by atoms with E-state index in [1.165, 1.54) is 24.3 Å². The lowest BCUT2D eigenvalue weighted by molar-refractivity contribution is 0.0999. The molecule has 1 aliphatic heterocycles. The third kappa shape index (κ3) is 3.74. The minimum absolute atomic E-state index is 0.0587. The highest BCUT2D eigenvalue weighted by Gasteiger charge is 2.23. The lowest BCUT2D eigenvalue weighted by Crippen LogP contribution is -2.18. The Morgan fingerprint density at radius 3 is 2.38 bits per heavy atom. The molecule has 1 aromatic heterocycles. The van der Waals surface area contributed by atoms with Crippen molar-refractivity contribution in [2.75, 3.05) is 23.8 Å². The molecule has 1 aliphatic rings. The minimum atomic E-state index is -0.549. The normalized spacial score (nSPS) is 12.4. The van der Waals surface area contributed by atoms with Gasteiger partial charge in [-0.3, -0.25) is 9.59 Å². The van der Waals surface area contributed by atoms with Gasteiger partial charge in [-0.2, -0.15) is 0 Å². The number of ether oxygens (including phenoxy) is 2. The maximum Gasteiger partial charge on any atom is 0.293 e. The summed E-state index contributed by atoms with van der Waals surface area (Å²) >= 11 is 0. The van der Waals surface area contributed by atoms with Gasteiger partial charge in [-0.25, -0.2) is 4.39 Å². The van der Waals surface area contributed by atoms with E-state index in [1.54, 1.807) is 42.5 Å². The van der Waals surface area contributed by atoms with Crippen molar-refractivity contribution < 1.29 is 27.9 Å². The summed E-state index contributed by atoms with van der Waals surface area (Å²) < 4.78 is 30.0. The summed E-state index contributed by atoms with van der Waals surface area (Å²) in [4.78, 5) is 25.8. The number of amides is 2. The molecule has 0 spiro atoms. The SMILES string of the molecule is O=C(Nc1c(C(=O)Nc2ccc3c(c2)OCCO3)oc2ccccc12)c1ccc(F)cc1. The molecule has 160 valence electrons. The number of furan rings is 1. The summed E-state index contributed by atoms with van der Waals surface area (Å²) in [5, 5.41) is 6.05. The van der Waals surface area contributed by atoms with Gasteiger partial charge in [0.1, 0.15) is 30.3 Å². The molecule has 2 heterocycles. The topological polar surface area (TPSA) is 89.8 Å². The van der Waals surface area contributed by atoms with Gasteiger partial charge in [-0.05, 0) is 48.5 Å². The van der Waals surface area contributed by atoms with Gasteiger partial charge in [0.05, 0.1) is 0 Å². The van der Waals surface area contributed by atoms with E-state index >= 15 is 0 Å². The first-order chi connectivity index (χ1) is 15.6. The first kappa shape index (κ1) is 19.6. The molecule has 3 aromatic carbocycles. The maximum absolute atomic E-state index is 13.2. The smallest absolute Gasteiger partial charge is 0.293 e. The number of carbonyl (C=O) groups excluding carboxylic acids is 2. The Morgan fingerprint density at radius 1 is 0.812 bits per heavy atom. The molecule has 0 aliphatic carbocycles. The largest absolute Gasteiger partial charge is 0.486 e. The van der Waals surface area contributed by atoms with Crippen LogP contribution in [-0.4, -0.2) is 25.0 Å². The van der Waals surface area contributed by atoms with Gasteiger partial charge in [0.25, 0.3) is 11.8 Å². The number of hydrogen-bond acceptors (Lipinski definition) is 5. The summed E-state index contributed by atoms with van der Waals surface area (Å²) in [7, 11) is 0. The van der Waals surface area contributed by atoms with Crippen molar-refractivity contribution in [1.82, 2.24) is 0 Å². The van der Waals surface area contributed by atoms with Crippen molar-refractivity contribution in [2.24, 2.45) is 0 Å². The molecule has 7 nitrogen and oxygen atoms in total. The van der Waals surface area contributed by atoms with Crippen LogP contribution in [0.4, 0.5) is 15.8 Å². The van der Waals surface area contributed by atoms with E-state index in [4.69, 9.17) is 13.9 Å². The van der Waals surface area contributed by atoms with Crippen LogP contribution in [0.2, 0.25) is 0 Å². The number of nitrogens with one attached hydrogen (secondary N) is 2. The van der Waals surface area contributed by atoms with Gasteiger partial charge in [-0.15, -0.1) is 0 Å². The molecule has 0 atom stereocenters. The summed E-state index contributed by atoms with van der Waals surface area (Å²) in [5.41, 5.74) is 1.39. The second-order valence-electron chi connectivity index (χ2n) is 7.08. The molecule has 0 radical (unpaired) electrons. The molecule has 8 heteroatoms. The van der Waals surface area contributed by atoms with Crippen molar-refractivity contribution in [3.8, 4) is 11.5 Å². The van der Waals surface area contributed by atoms with Crippen LogP contribution in [0.5, 0.6) is 11.5 Å². The number of fused-ring (bicyclic) bond motifs is 2. The molecule has 4 aromatic rings. The minimum Gasteiger partial charge on any atom is -0.486 e. The van der Waals surface area contributed by atoms with E-state index in [1.807, 2.05) is 0 Å². The molecule has 2 N–H and O–H groups in total. The summed E-state index contributed by atoms with van der Waals surface area (Å²) in [5.74, 6) is -0.419. The Hall–Kier alpha value is -4.33. The molecule has 0 saturated carbocycles. The van der Waals surface area contributed by atoms with Crippen molar-refractivity contribution in [1.29, 1.82) is 0 Å². The highest BCUT2D eigenvalue weighted by atomic mass is 19.1.